The van der Waals surface area contributed by atoms with Gasteiger partial charge < -0.3 is 19.1 Å². The monoisotopic (exact) mass is 375 g/mol. The molecule has 2 aliphatic heterocycles. The smallest absolute Gasteiger partial charge is 0.410 e. The molecule has 5 heteroatoms. The second-order valence-corrected chi connectivity index (χ2v) is 8.66. The Morgan fingerprint density at radius 2 is 1.81 bits per heavy atom. The van der Waals surface area contributed by atoms with E-state index in [1.54, 1.807) is 0 Å². The summed E-state index contributed by atoms with van der Waals surface area (Å²) in [5, 5.41) is 0. The van der Waals surface area contributed by atoms with Crippen molar-refractivity contribution in [1.29, 1.82) is 0 Å². The second-order valence-electron chi connectivity index (χ2n) is 8.66. The van der Waals surface area contributed by atoms with Gasteiger partial charge >= 0.3 is 6.09 Å². The van der Waals surface area contributed by atoms with Crippen LogP contribution >= 0.6 is 0 Å². The number of ether oxygens (including phenoxy) is 3. The van der Waals surface area contributed by atoms with Gasteiger partial charge in [0.2, 0.25) is 0 Å². The van der Waals surface area contributed by atoms with E-state index in [0.29, 0.717) is 0 Å². The van der Waals surface area contributed by atoms with Gasteiger partial charge in [-0.25, -0.2) is 4.79 Å². The van der Waals surface area contributed by atoms with Crippen molar-refractivity contribution < 1.29 is 19.0 Å². The first-order chi connectivity index (χ1) is 12.9. The first-order valence-corrected chi connectivity index (χ1v) is 10.3. The average Bonchev–Trinajstić information content (AvgIpc) is 2.85. The number of carbonyl (C=O) groups excluding carboxylic acids is 1. The minimum atomic E-state index is -0.456. The minimum absolute atomic E-state index is 0.132. The number of unbranched alkanes of at least 4 members (excludes halogenated alkanes) is 1. The van der Waals surface area contributed by atoms with Crippen molar-refractivity contribution in [1.82, 2.24) is 4.90 Å². The Morgan fingerprint density at radius 3 is 2.44 bits per heavy atom. The molecule has 1 amide bonds. The molecule has 1 aromatic rings. The molecule has 150 valence electrons. The molecule has 0 aromatic heterocycles. The Balaban J connectivity index is 1.57. The molecule has 2 fully saturated rings. The quantitative estimate of drug-likeness (QED) is 0.643. The SMILES string of the molecule is CCCCOc1cccc(O[C@H]2C[C@H]3CC[C@@H](C2)N3C(=O)OC(C)(C)C)c1. The van der Waals surface area contributed by atoms with Crippen LogP contribution in [0, 0.1) is 0 Å². The molecule has 3 rings (SSSR count). The number of nitrogens with zero attached hydrogens (tertiary/aromatic N) is 1. The highest BCUT2D eigenvalue weighted by Crippen LogP contribution is 2.38. The average molecular weight is 376 g/mol. The number of fused-ring (bicyclic) bond motifs is 2. The Labute approximate surface area is 163 Å². The van der Waals surface area contributed by atoms with Gasteiger partial charge in [0, 0.05) is 31.0 Å². The maximum absolute atomic E-state index is 12.6. The van der Waals surface area contributed by atoms with Crippen LogP contribution in [-0.2, 0) is 4.74 Å². The highest BCUT2D eigenvalue weighted by molar-refractivity contribution is 5.69. The number of hydrogen-bond acceptors (Lipinski definition) is 4. The predicted molar refractivity (Wildman–Crippen MR) is 105 cm³/mol. The highest BCUT2D eigenvalue weighted by Gasteiger charge is 2.45. The molecular formula is C22H33NO4. The van der Waals surface area contributed by atoms with Crippen LogP contribution < -0.4 is 9.47 Å². The van der Waals surface area contributed by atoms with E-state index < -0.39 is 5.60 Å². The van der Waals surface area contributed by atoms with Gasteiger partial charge in [-0.3, -0.25) is 0 Å². The third-order valence-electron chi connectivity index (χ3n) is 5.17. The van der Waals surface area contributed by atoms with Crippen molar-refractivity contribution in [2.75, 3.05) is 6.61 Å². The fourth-order valence-electron chi connectivity index (χ4n) is 4.00. The van der Waals surface area contributed by atoms with Crippen molar-refractivity contribution in [3.8, 4) is 11.5 Å². The first kappa shape index (κ1) is 19.8. The van der Waals surface area contributed by atoms with Crippen molar-refractivity contribution in [2.45, 2.75) is 90.0 Å². The zero-order chi connectivity index (χ0) is 19.4. The fraction of sp³-hybridized carbons (Fsp3) is 0.682. The maximum Gasteiger partial charge on any atom is 0.410 e. The molecule has 2 saturated heterocycles. The molecule has 2 heterocycles. The molecule has 0 unspecified atom stereocenters. The molecule has 0 aliphatic carbocycles. The summed E-state index contributed by atoms with van der Waals surface area (Å²) < 4.78 is 17.6. The zero-order valence-electron chi connectivity index (χ0n) is 17.1. The number of benzene rings is 1. The van der Waals surface area contributed by atoms with Gasteiger partial charge in [0.1, 0.15) is 23.2 Å². The molecule has 5 nitrogen and oxygen atoms in total. The van der Waals surface area contributed by atoms with Crippen LogP contribution in [0.2, 0.25) is 0 Å². The standard InChI is InChI=1S/C22H33NO4/c1-5-6-12-25-18-8-7-9-19(15-18)26-20-13-16-10-11-17(14-20)23(16)21(24)27-22(2,3)4/h7-9,15-17,20H,5-6,10-14H2,1-4H3/t16-,17+,20+. The topological polar surface area (TPSA) is 48.0 Å². The van der Waals surface area contributed by atoms with Gasteiger partial charge in [-0.05, 0) is 52.2 Å². The van der Waals surface area contributed by atoms with E-state index in [1.165, 1.54) is 0 Å². The molecule has 0 N–H and O–H groups in total. The molecule has 1 aromatic carbocycles. The van der Waals surface area contributed by atoms with Crippen molar-refractivity contribution >= 4 is 6.09 Å². The Hall–Kier alpha value is -1.91. The molecule has 0 radical (unpaired) electrons. The van der Waals surface area contributed by atoms with Gasteiger partial charge in [0.15, 0.2) is 0 Å². The van der Waals surface area contributed by atoms with Crippen LogP contribution in [0.5, 0.6) is 11.5 Å². The molecule has 2 bridgehead atoms. The van der Waals surface area contributed by atoms with Gasteiger partial charge in [0.05, 0.1) is 6.61 Å². The molecule has 2 aliphatic rings. The number of hydrogen-bond donors (Lipinski definition) is 0. The van der Waals surface area contributed by atoms with Gasteiger partial charge in [-0.2, -0.15) is 0 Å². The highest BCUT2D eigenvalue weighted by atomic mass is 16.6. The lowest BCUT2D eigenvalue weighted by atomic mass is 10.00. The van der Waals surface area contributed by atoms with E-state index in [9.17, 15) is 4.79 Å². The van der Waals surface area contributed by atoms with E-state index in [2.05, 4.69) is 6.92 Å². The summed E-state index contributed by atoms with van der Waals surface area (Å²) in [6.07, 6.45) is 5.90. The van der Waals surface area contributed by atoms with Crippen LogP contribution in [0.4, 0.5) is 4.79 Å². The van der Waals surface area contributed by atoms with Crippen LogP contribution in [0.1, 0.15) is 66.2 Å². The van der Waals surface area contributed by atoms with E-state index in [1.807, 2.05) is 49.9 Å². The molecule has 0 saturated carbocycles. The summed E-state index contributed by atoms with van der Waals surface area (Å²) in [6, 6.07) is 8.32. The fourth-order valence-corrected chi connectivity index (χ4v) is 4.00. The summed E-state index contributed by atoms with van der Waals surface area (Å²) in [5.74, 6) is 1.70. The number of piperidine rings is 1. The largest absolute Gasteiger partial charge is 0.493 e. The summed E-state index contributed by atoms with van der Waals surface area (Å²) in [6.45, 7) is 8.63. The minimum Gasteiger partial charge on any atom is -0.493 e. The Kier molecular flexibility index (Phi) is 6.18. The van der Waals surface area contributed by atoms with Crippen molar-refractivity contribution in [3.63, 3.8) is 0 Å². The van der Waals surface area contributed by atoms with Gasteiger partial charge in [-0.1, -0.05) is 19.4 Å². The number of amides is 1. The molecular weight excluding hydrogens is 342 g/mol. The Bertz CT molecular complexity index is 625. The van der Waals surface area contributed by atoms with E-state index in [4.69, 9.17) is 14.2 Å². The van der Waals surface area contributed by atoms with Gasteiger partial charge in [-0.15, -0.1) is 0 Å². The molecule has 3 atom stereocenters. The Morgan fingerprint density at radius 1 is 1.15 bits per heavy atom. The van der Waals surface area contributed by atoms with Crippen LogP contribution in [-0.4, -0.2) is 41.4 Å². The lowest BCUT2D eigenvalue weighted by Gasteiger charge is -2.39. The van der Waals surface area contributed by atoms with Crippen LogP contribution in [0.25, 0.3) is 0 Å². The lowest BCUT2D eigenvalue weighted by molar-refractivity contribution is -0.00708. The number of rotatable bonds is 6. The normalized spacial score (nSPS) is 24.6. The van der Waals surface area contributed by atoms with E-state index in [-0.39, 0.29) is 24.3 Å². The number of carbonyl (C=O) groups is 1. The third kappa shape index (κ3) is 5.30. The zero-order valence-corrected chi connectivity index (χ0v) is 17.1. The summed E-state index contributed by atoms with van der Waals surface area (Å²) in [4.78, 5) is 14.5. The first-order valence-electron chi connectivity index (χ1n) is 10.3. The maximum atomic E-state index is 12.6. The van der Waals surface area contributed by atoms with Crippen LogP contribution in [0.3, 0.4) is 0 Å². The van der Waals surface area contributed by atoms with Gasteiger partial charge in [0.25, 0.3) is 0 Å². The predicted octanol–water partition coefficient (Wildman–Crippen LogP) is 5.17. The van der Waals surface area contributed by atoms with E-state index >= 15 is 0 Å². The van der Waals surface area contributed by atoms with Crippen molar-refractivity contribution in [3.05, 3.63) is 24.3 Å². The van der Waals surface area contributed by atoms with E-state index in [0.717, 1.165) is 56.6 Å². The second kappa shape index (κ2) is 8.41. The summed E-state index contributed by atoms with van der Waals surface area (Å²) >= 11 is 0. The lowest BCUT2D eigenvalue weighted by Crippen LogP contribution is -2.50. The molecule has 0 spiro atoms. The molecule has 27 heavy (non-hydrogen) atoms. The summed E-state index contributed by atoms with van der Waals surface area (Å²) in [7, 11) is 0. The summed E-state index contributed by atoms with van der Waals surface area (Å²) in [5.41, 5.74) is -0.456. The third-order valence-corrected chi connectivity index (χ3v) is 5.17. The van der Waals surface area contributed by atoms with Crippen molar-refractivity contribution in [2.24, 2.45) is 0 Å². The van der Waals surface area contributed by atoms with Crippen LogP contribution in [0.15, 0.2) is 24.3 Å².